The molecule has 0 aliphatic carbocycles. The fraction of sp³-hybridized carbons (Fsp3) is 0.310. The molecule has 1 atom stereocenters. The Labute approximate surface area is 215 Å². The van der Waals surface area contributed by atoms with E-state index in [0.29, 0.717) is 25.2 Å². The molecule has 0 radical (unpaired) electrons. The standard InChI is InChI=1S/C29H32N6O2/c1-4-21-12-13-26-23(15-21)16-24(29(36)30-26)18-34(17-22-9-6-5-7-10-22)27(20(2)3)28-31-32-33-35(28)19-25-11-8-14-37-25/h5-16,20,27H,4,17-19H2,1-3H3,(H,30,36)/t27-/m1/s1. The summed E-state index contributed by atoms with van der Waals surface area (Å²) in [5.41, 5.74) is 3.88. The van der Waals surface area contributed by atoms with Gasteiger partial charge in [-0.1, -0.05) is 57.2 Å². The number of hydrogen-bond donors (Lipinski definition) is 1. The SMILES string of the molecule is CCc1ccc2[nH]c(=O)c(CN(Cc3ccccc3)[C@@H](c3nnnn3Cc3ccco3)C(C)C)cc2c1. The molecule has 37 heavy (non-hydrogen) atoms. The summed E-state index contributed by atoms with van der Waals surface area (Å²) >= 11 is 0. The quantitative estimate of drug-likeness (QED) is 0.289. The average molecular weight is 497 g/mol. The number of nitrogens with zero attached hydrogens (tertiary/aromatic N) is 5. The van der Waals surface area contributed by atoms with Gasteiger partial charge in [-0.15, -0.1) is 5.10 Å². The highest BCUT2D eigenvalue weighted by Crippen LogP contribution is 2.30. The predicted octanol–water partition coefficient (Wildman–Crippen LogP) is 5.12. The Hall–Kier alpha value is -4.04. The molecule has 1 N–H and O–H groups in total. The minimum absolute atomic E-state index is 0.0764. The van der Waals surface area contributed by atoms with Crippen LogP contribution >= 0.6 is 0 Å². The molecule has 2 aromatic carbocycles. The number of rotatable bonds is 10. The number of tetrazole rings is 1. The van der Waals surface area contributed by atoms with Gasteiger partial charge in [0, 0.05) is 24.2 Å². The predicted molar refractivity (Wildman–Crippen MR) is 143 cm³/mol. The monoisotopic (exact) mass is 496 g/mol. The lowest BCUT2D eigenvalue weighted by Gasteiger charge is -2.33. The second-order valence-electron chi connectivity index (χ2n) is 9.75. The van der Waals surface area contributed by atoms with Gasteiger partial charge < -0.3 is 9.40 Å². The van der Waals surface area contributed by atoms with Crippen LogP contribution in [0.5, 0.6) is 0 Å². The molecule has 5 aromatic rings. The smallest absolute Gasteiger partial charge is 0.252 e. The highest BCUT2D eigenvalue weighted by atomic mass is 16.3. The van der Waals surface area contributed by atoms with Crippen LogP contribution < -0.4 is 5.56 Å². The van der Waals surface area contributed by atoms with E-state index in [0.717, 1.165) is 34.5 Å². The van der Waals surface area contributed by atoms with E-state index in [1.54, 1.807) is 10.9 Å². The first-order valence-corrected chi connectivity index (χ1v) is 12.7. The maximum absolute atomic E-state index is 13.2. The van der Waals surface area contributed by atoms with E-state index < -0.39 is 0 Å². The maximum Gasteiger partial charge on any atom is 0.252 e. The van der Waals surface area contributed by atoms with Crippen molar-refractivity contribution in [3.05, 3.63) is 112 Å². The van der Waals surface area contributed by atoms with E-state index >= 15 is 0 Å². The molecule has 0 saturated carbocycles. The molecule has 0 aliphatic rings. The summed E-state index contributed by atoms with van der Waals surface area (Å²) in [7, 11) is 0. The Balaban J connectivity index is 1.55. The van der Waals surface area contributed by atoms with Crippen molar-refractivity contribution in [2.45, 2.75) is 52.9 Å². The van der Waals surface area contributed by atoms with E-state index in [9.17, 15) is 4.79 Å². The highest BCUT2D eigenvalue weighted by Gasteiger charge is 2.30. The van der Waals surface area contributed by atoms with Gasteiger partial charge in [-0.05, 0) is 69.6 Å². The molecule has 8 nitrogen and oxygen atoms in total. The molecule has 0 unspecified atom stereocenters. The molecule has 0 aliphatic heterocycles. The van der Waals surface area contributed by atoms with Gasteiger partial charge in [-0.3, -0.25) is 9.69 Å². The lowest BCUT2D eigenvalue weighted by atomic mass is 9.99. The largest absolute Gasteiger partial charge is 0.467 e. The third-order valence-electron chi connectivity index (χ3n) is 6.73. The topological polar surface area (TPSA) is 92.8 Å². The molecular formula is C29H32N6O2. The summed E-state index contributed by atoms with van der Waals surface area (Å²) < 4.78 is 7.35. The summed E-state index contributed by atoms with van der Waals surface area (Å²) in [6, 6.07) is 22.2. The number of furan rings is 1. The molecule has 0 saturated heterocycles. The number of aromatic nitrogens is 5. The Kier molecular flexibility index (Phi) is 7.28. The molecule has 5 rings (SSSR count). The van der Waals surface area contributed by atoms with Gasteiger partial charge in [0.2, 0.25) is 0 Å². The van der Waals surface area contributed by atoms with Crippen LogP contribution in [0.15, 0.2) is 82.2 Å². The Morgan fingerprint density at radius 3 is 2.57 bits per heavy atom. The molecule has 0 bridgehead atoms. The van der Waals surface area contributed by atoms with Gasteiger partial charge in [0.25, 0.3) is 5.56 Å². The zero-order valence-corrected chi connectivity index (χ0v) is 21.5. The fourth-order valence-corrected chi connectivity index (χ4v) is 4.90. The van der Waals surface area contributed by atoms with Gasteiger partial charge in [-0.2, -0.15) is 0 Å². The number of hydrogen-bond acceptors (Lipinski definition) is 6. The number of aryl methyl sites for hydroxylation is 1. The summed E-state index contributed by atoms with van der Waals surface area (Å²) in [5.74, 6) is 1.70. The van der Waals surface area contributed by atoms with E-state index in [1.165, 1.54) is 5.56 Å². The number of benzene rings is 2. The zero-order valence-electron chi connectivity index (χ0n) is 21.5. The van der Waals surface area contributed by atoms with E-state index in [4.69, 9.17) is 4.42 Å². The third-order valence-corrected chi connectivity index (χ3v) is 6.73. The number of fused-ring (bicyclic) bond motifs is 1. The van der Waals surface area contributed by atoms with Crippen molar-refractivity contribution >= 4 is 10.9 Å². The highest BCUT2D eigenvalue weighted by molar-refractivity contribution is 5.79. The minimum atomic E-state index is -0.137. The van der Waals surface area contributed by atoms with Crippen LogP contribution in [0.25, 0.3) is 10.9 Å². The molecule has 0 amide bonds. The first-order valence-electron chi connectivity index (χ1n) is 12.7. The molecule has 190 valence electrons. The van der Waals surface area contributed by atoms with E-state index in [1.807, 2.05) is 42.5 Å². The van der Waals surface area contributed by atoms with Crippen molar-refractivity contribution in [1.29, 1.82) is 0 Å². The summed E-state index contributed by atoms with van der Waals surface area (Å²) in [6.45, 7) is 7.99. The summed E-state index contributed by atoms with van der Waals surface area (Å²) in [4.78, 5) is 18.6. The summed E-state index contributed by atoms with van der Waals surface area (Å²) in [6.07, 6.45) is 2.59. The van der Waals surface area contributed by atoms with Crippen LogP contribution in [-0.4, -0.2) is 30.1 Å². The molecule has 3 heterocycles. The van der Waals surface area contributed by atoms with Crippen molar-refractivity contribution in [1.82, 2.24) is 30.1 Å². The van der Waals surface area contributed by atoms with Crippen LogP contribution in [0.1, 0.15) is 55.1 Å². The summed E-state index contributed by atoms with van der Waals surface area (Å²) in [5, 5.41) is 13.8. The number of pyridine rings is 1. The van der Waals surface area contributed by atoms with Crippen molar-refractivity contribution in [2.75, 3.05) is 0 Å². The Morgan fingerprint density at radius 1 is 1.00 bits per heavy atom. The number of aromatic amines is 1. The lowest BCUT2D eigenvalue weighted by Crippen LogP contribution is -2.35. The van der Waals surface area contributed by atoms with Gasteiger partial charge >= 0.3 is 0 Å². The van der Waals surface area contributed by atoms with Crippen molar-refractivity contribution < 1.29 is 4.42 Å². The lowest BCUT2D eigenvalue weighted by molar-refractivity contribution is 0.125. The molecular weight excluding hydrogens is 464 g/mol. The van der Waals surface area contributed by atoms with E-state index in [-0.39, 0.29) is 17.5 Å². The second kappa shape index (κ2) is 10.9. The second-order valence-corrected chi connectivity index (χ2v) is 9.75. The van der Waals surface area contributed by atoms with Crippen LogP contribution in [0.3, 0.4) is 0 Å². The third kappa shape index (κ3) is 5.54. The van der Waals surface area contributed by atoms with Crippen LogP contribution in [-0.2, 0) is 26.1 Å². The number of H-pyrrole nitrogens is 1. The van der Waals surface area contributed by atoms with Crippen molar-refractivity contribution in [2.24, 2.45) is 5.92 Å². The van der Waals surface area contributed by atoms with Crippen LogP contribution in [0, 0.1) is 5.92 Å². The van der Waals surface area contributed by atoms with Gasteiger partial charge in [0.15, 0.2) is 5.82 Å². The van der Waals surface area contributed by atoms with Crippen LogP contribution in [0.4, 0.5) is 0 Å². The Morgan fingerprint density at radius 2 is 1.84 bits per heavy atom. The molecule has 0 fully saturated rings. The zero-order chi connectivity index (χ0) is 25.8. The molecule has 0 spiro atoms. The Bertz CT molecular complexity index is 1500. The van der Waals surface area contributed by atoms with Gasteiger partial charge in [0.05, 0.1) is 12.3 Å². The minimum Gasteiger partial charge on any atom is -0.467 e. The normalized spacial score (nSPS) is 12.6. The van der Waals surface area contributed by atoms with Gasteiger partial charge in [-0.25, -0.2) is 4.68 Å². The molecule has 3 aromatic heterocycles. The first-order chi connectivity index (χ1) is 18.0. The maximum atomic E-state index is 13.2. The van der Waals surface area contributed by atoms with Crippen LogP contribution in [0.2, 0.25) is 0 Å². The van der Waals surface area contributed by atoms with Crippen molar-refractivity contribution in [3.63, 3.8) is 0 Å². The van der Waals surface area contributed by atoms with Crippen molar-refractivity contribution in [3.8, 4) is 0 Å². The first kappa shape index (κ1) is 24.6. The van der Waals surface area contributed by atoms with E-state index in [2.05, 4.69) is 70.4 Å². The average Bonchev–Trinajstić information content (AvgIpc) is 3.57. The number of nitrogens with one attached hydrogen (secondary N) is 1. The molecule has 8 heteroatoms. The van der Waals surface area contributed by atoms with Gasteiger partial charge in [0.1, 0.15) is 12.3 Å². The fourth-order valence-electron chi connectivity index (χ4n) is 4.90.